The van der Waals surface area contributed by atoms with Crippen LogP contribution >= 0.6 is 0 Å². The fourth-order valence-corrected chi connectivity index (χ4v) is 7.07. The summed E-state index contributed by atoms with van der Waals surface area (Å²) in [5, 5.41) is 8.55. The van der Waals surface area contributed by atoms with Crippen molar-refractivity contribution >= 4 is 37.9 Å². The van der Waals surface area contributed by atoms with Crippen molar-refractivity contribution in [2.45, 2.75) is 30.5 Å². The van der Waals surface area contributed by atoms with Gasteiger partial charge in [-0.15, -0.1) is 4.21 Å². The highest BCUT2D eigenvalue weighted by Gasteiger charge is 2.38. The molecule has 2 nitrogen and oxygen atoms in total. The van der Waals surface area contributed by atoms with Gasteiger partial charge in [-0.3, -0.25) is 0 Å². The lowest BCUT2D eigenvalue weighted by molar-refractivity contribution is -0.138. The van der Waals surface area contributed by atoms with Crippen LogP contribution in [-0.2, 0) is 44.6 Å². The molecule has 0 saturated heterocycles. The Kier molecular flexibility index (Phi) is 11.9. The van der Waals surface area contributed by atoms with Gasteiger partial charge in [-0.1, -0.05) is 109 Å². The average molecular weight is 786 g/mol. The number of rotatable bonds is 6. The van der Waals surface area contributed by atoms with Gasteiger partial charge >= 0.3 is 24.7 Å². The average Bonchev–Trinajstić information content (AvgIpc) is 3.08. The summed E-state index contributed by atoms with van der Waals surface area (Å²) in [4.78, 5) is 0. The Labute approximate surface area is 303 Å². The molecule has 0 N–H and O–H groups in total. The molecule has 0 fully saturated rings. The highest BCUT2D eigenvalue weighted by molar-refractivity contribution is 8.00. The largest absolute Gasteiger partial charge is 0.416 e. The van der Waals surface area contributed by atoms with E-state index in [4.69, 9.17) is 5.26 Å². The maximum atomic E-state index is 13.3. The van der Waals surface area contributed by atoms with Crippen LogP contribution in [0, 0.1) is 11.3 Å². The van der Waals surface area contributed by atoms with Crippen molar-refractivity contribution in [1.82, 2.24) is 0 Å². The third-order valence-corrected chi connectivity index (χ3v) is 9.58. The minimum Gasteiger partial charge on any atom is -0.195 e. The van der Waals surface area contributed by atoms with Crippen molar-refractivity contribution in [3.63, 3.8) is 0 Å². The number of nitrogens with zero attached hydrogens (tertiary/aromatic N) is 1. The lowest BCUT2D eigenvalue weighted by atomic mass is 9.13. The summed E-state index contributed by atoms with van der Waals surface area (Å²) in [6.45, 7) is 0. The second-order valence-corrected chi connectivity index (χ2v) is 15.9. The number of nitriles is 1. The lowest BCUT2D eigenvalue weighted by Crippen LogP contribution is -2.74. The van der Waals surface area contributed by atoms with Crippen molar-refractivity contribution in [2.24, 2.45) is 0 Å². The zero-order valence-corrected chi connectivity index (χ0v) is 28.9. The topological polar surface area (TPSA) is 40.9 Å². The fraction of sp³-hybridized carbons (Fsp3) is 0.184. The maximum absolute atomic E-state index is 13.3. The standard InChI is InChI=1S/C28H16BF12.C10H12NOS/c30-25(31,32)17-1-9-21(10-2-17)29(22-11-3-18(4-12-22)26(33,34)35,23-13-5-19(6-14-23)27(36,37)38)24-15-7-20(8-16-24)28(39,40)41;1-13(2,12)8-10-5-3-9(7-11)4-6-10/h1-16H;3-6H,8H2,1-2H3/q-1;+1. The van der Waals surface area contributed by atoms with Gasteiger partial charge in [-0.25, -0.2) is 0 Å². The van der Waals surface area contributed by atoms with E-state index in [9.17, 15) is 56.9 Å². The second kappa shape index (κ2) is 15.4. The number of alkyl halides is 12. The van der Waals surface area contributed by atoms with E-state index in [1.54, 1.807) is 24.6 Å². The predicted molar refractivity (Wildman–Crippen MR) is 185 cm³/mol. The Balaban J connectivity index is 0.000000422. The van der Waals surface area contributed by atoms with Crippen LogP contribution in [0.4, 0.5) is 52.7 Å². The van der Waals surface area contributed by atoms with Gasteiger partial charge in [-0.05, 0) is 12.1 Å². The minimum atomic E-state index is -4.77. The van der Waals surface area contributed by atoms with Gasteiger partial charge in [0.25, 0.3) is 0 Å². The van der Waals surface area contributed by atoms with Gasteiger partial charge < -0.3 is 0 Å². The van der Waals surface area contributed by atoms with E-state index in [2.05, 4.69) is 0 Å². The molecule has 5 aromatic rings. The van der Waals surface area contributed by atoms with E-state index >= 15 is 0 Å². The van der Waals surface area contributed by atoms with Crippen LogP contribution in [0.5, 0.6) is 0 Å². The highest BCUT2D eigenvalue weighted by Crippen LogP contribution is 2.32. The van der Waals surface area contributed by atoms with Crippen LogP contribution in [0.1, 0.15) is 33.4 Å². The molecule has 0 aliphatic rings. The summed E-state index contributed by atoms with van der Waals surface area (Å²) in [6, 6.07) is 22.8. The summed E-state index contributed by atoms with van der Waals surface area (Å²) < 4.78 is 172. The molecule has 0 aliphatic heterocycles. The van der Waals surface area contributed by atoms with Crippen LogP contribution in [0.15, 0.2) is 121 Å². The van der Waals surface area contributed by atoms with Gasteiger partial charge in [0.15, 0.2) is 0 Å². The van der Waals surface area contributed by atoms with Crippen molar-refractivity contribution in [2.75, 3.05) is 12.5 Å². The third-order valence-electron chi connectivity index (χ3n) is 8.55. The number of benzene rings is 5. The summed E-state index contributed by atoms with van der Waals surface area (Å²) in [7, 11) is -1.73. The first-order chi connectivity index (χ1) is 24.9. The first kappa shape index (κ1) is 41.7. The molecule has 0 aromatic heterocycles. The molecular formula is C38H28BF12NOS. The highest BCUT2D eigenvalue weighted by atomic mass is 32.2. The molecule has 0 amide bonds. The summed E-state index contributed by atoms with van der Waals surface area (Å²) in [5.74, 6) is 0.582. The van der Waals surface area contributed by atoms with E-state index in [1.165, 1.54) is 0 Å². The molecule has 0 unspecified atom stereocenters. The van der Waals surface area contributed by atoms with E-state index in [0.29, 0.717) is 59.8 Å². The Morgan fingerprint density at radius 3 is 0.889 bits per heavy atom. The van der Waals surface area contributed by atoms with Gasteiger partial charge in [0.05, 0.1) is 43.8 Å². The van der Waals surface area contributed by atoms with Crippen molar-refractivity contribution in [3.05, 3.63) is 155 Å². The van der Waals surface area contributed by atoms with Crippen LogP contribution in [-0.4, -0.2) is 18.7 Å². The van der Waals surface area contributed by atoms with Gasteiger partial charge in [0, 0.05) is 5.56 Å². The summed E-state index contributed by atoms with van der Waals surface area (Å²) in [5.41, 5.74) is -2.63. The lowest BCUT2D eigenvalue weighted by Gasteiger charge is -2.44. The van der Waals surface area contributed by atoms with E-state index in [1.807, 2.05) is 18.2 Å². The van der Waals surface area contributed by atoms with E-state index in [-0.39, 0.29) is 21.9 Å². The minimum absolute atomic E-state index is 0.0114. The quantitative estimate of drug-likeness (QED) is 0.0981. The second-order valence-electron chi connectivity index (χ2n) is 12.7. The Hall–Kier alpha value is -5.04. The molecule has 0 aliphatic carbocycles. The third kappa shape index (κ3) is 9.93. The van der Waals surface area contributed by atoms with Gasteiger partial charge in [0.1, 0.15) is 24.4 Å². The smallest absolute Gasteiger partial charge is 0.195 e. The first-order valence-electron chi connectivity index (χ1n) is 15.6. The molecule has 0 radical (unpaired) electrons. The van der Waals surface area contributed by atoms with Gasteiger partial charge in [-0.2, -0.15) is 79.8 Å². The summed E-state index contributed by atoms with van der Waals surface area (Å²) >= 11 is 0. The van der Waals surface area contributed by atoms with E-state index < -0.39 is 63.0 Å². The monoisotopic (exact) mass is 785 g/mol. The van der Waals surface area contributed by atoms with Crippen molar-refractivity contribution < 1.29 is 56.9 Å². The first-order valence-corrected chi connectivity index (χ1v) is 18.2. The number of halogens is 12. The van der Waals surface area contributed by atoms with Crippen LogP contribution in [0.2, 0.25) is 0 Å². The molecule has 0 bridgehead atoms. The molecular weight excluding hydrogens is 757 g/mol. The Morgan fingerprint density at radius 2 is 0.704 bits per heavy atom. The van der Waals surface area contributed by atoms with E-state index in [0.717, 1.165) is 54.1 Å². The molecule has 54 heavy (non-hydrogen) atoms. The zero-order valence-electron chi connectivity index (χ0n) is 28.1. The molecule has 16 heteroatoms. The SMILES string of the molecule is C[S+](C)(=O)Cc1ccc(C#N)cc1.FC(F)(F)c1ccc([B-](c2ccc(C(F)(F)F)cc2)(c2ccc(C(F)(F)F)cc2)c2ccc(C(F)(F)F)cc2)cc1. The molecule has 0 saturated carbocycles. The Bertz CT molecular complexity index is 1870. The molecule has 5 rings (SSSR count). The molecule has 284 valence electrons. The molecule has 5 aromatic carbocycles. The van der Waals surface area contributed by atoms with Crippen LogP contribution in [0.25, 0.3) is 0 Å². The van der Waals surface area contributed by atoms with Crippen molar-refractivity contribution in [1.29, 1.82) is 5.26 Å². The number of hydrogen-bond acceptors (Lipinski definition) is 2. The maximum Gasteiger partial charge on any atom is 0.416 e. The molecule has 0 spiro atoms. The fourth-order valence-electron chi connectivity index (χ4n) is 6.07. The van der Waals surface area contributed by atoms with Crippen LogP contribution in [0.3, 0.4) is 0 Å². The molecule has 0 atom stereocenters. The zero-order chi connectivity index (χ0) is 40.3. The van der Waals surface area contributed by atoms with Gasteiger partial charge in [0.2, 0.25) is 0 Å². The molecule has 0 heterocycles. The Morgan fingerprint density at radius 1 is 0.463 bits per heavy atom. The van der Waals surface area contributed by atoms with Crippen molar-refractivity contribution in [3.8, 4) is 6.07 Å². The number of hydrogen-bond donors (Lipinski definition) is 0. The predicted octanol–water partition coefficient (Wildman–Crippen LogP) is 8.96. The normalized spacial score (nSPS) is 12.8. The summed E-state index contributed by atoms with van der Waals surface area (Å²) in [6.07, 6.45) is -18.5. The van der Waals surface area contributed by atoms with Crippen LogP contribution < -0.4 is 21.9 Å².